The summed E-state index contributed by atoms with van der Waals surface area (Å²) in [5.41, 5.74) is 0.403. The van der Waals surface area contributed by atoms with Gasteiger partial charge in [0.15, 0.2) is 0 Å². The van der Waals surface area contributed by atoms with Crippen LogP contribution in [0.1, 0.15) is 13.3 Å². The van der Waals surface area contributed by atoms with Crippen LogP contribution in [-0.4, -0.2) is 30.0 Å². The second-order valence-electron chi connectivity index (χ2n) is 3.87. The zero-order valence-electron chi connectivity index (χ0n) is 10.4. The quantitative estimate of drug-likeness (QED) is 0.721. The number of aliphatic hydroxyl groups is 1. The number of hydrogen-bond donors (Lipinski definition) is 3. The largest absolute Gasteiger partial charge is 0.393 e. The Labute approximate surface area is 110 Å². The zero-order valence-corrected chi connectivity index (χ0v) is 11.2. The van der Waals surface area contributed by atoms with Gasteiger partial charge >= 0.3 is 6.03 Å². The molecule has 1 aromatic carbocycles. The topological polar surface area (TPSA) is 61.4 Å². The van der Waals surface area contributed by atoms with Crippen LogP contribution in [-0.2, 0) is 0 Å². The maximum atomic E-state index is 13.4. The van der Waals surface area contributed by atoms with Gasteiger partial charge in [0.05, 0.1) is 6.10 Å². The molecule has 0 bridgehead atoms. The van der Waals surface area contributed by atoms with Crippen LogP contribution < -0.4 is 10.6 Å². The maximum Gasteiger partial charge on any atom is 0.319 e. The molecule has 0 aromatic heterocycles. The first-order valence-corrected chi connectivity index (χ1v) is 6.82. The minimum absolute atomic E-state index is 0.357. The summed E-state index contributed by atoms with van der Waals surface area (Å²) in [6.45, 7) is 2.02. The molecule has 2 amide bonds. The molecule has 1 unspecified atom stereocenters. The average Bonchev–Trinajstić information content (AvgIpc) is 2.28. The Morgan fingerprint density at radius 3 is 2.83 bits per heavy atom. The van der Waals surface area contributed by atoms with E-state index in [2.05, 4.69) is 10.6 Å². The van der Waals surface area contributed by atoms with Crippen molar-refractivity contribution in [2.75, 3.05) is 18.1 Å². The number of thioether (sulfide) groups is 1. The standard InChI is InChI=1S/C12H17FN2O2S/c1-8(16)5-6-14-12(17)15-9-3-4-11(18-2)10(13)7-9/h3-4,7-8,16H,5-6H2,1-2H3,(H2,14,15,17). The van der Waals surface area contributed by atoms with E-state index in [0.717, 1.165) is 0 Å². The van der Waals surface area contributed by atoms with Gasteiger partial charge in [-0.15, -0.1) is 11.8 Å². The van der Waals surface area contributed by atoms with Gasteiger partial charge in [-0.05, 0) is 37.8 Å². The van der Waals surface area contributed by atoms with Crippen LogP contribution in [0.15, 0.2) is 23.1 Å². The van der Waals surface area contributed by atoms with E-state index in [-0.39, 0.29) is 5.82 Å². The molecule has 0 spiro atoms. The molecule has 0 saturated carbocycles. The number of aliphatic hydroxyl groups excluding tert-OH is 1. The summed E-state index contributed by atoms with van der Waals surface area (Å²) in [5.74, 6) is -0.357. The minimum Gasteiger partial charge on any atom is -0.393 e. The predicted molar refractivity (Wildman–Crippen MR) is 71.5 cm³/mol. The summed E-state index contributed by atoms with van der Waals surface area (Å²) in [6, 6.07) is 4.13. The lowest BCUT2D eigenvalue weighted by Crippen LogP contribution is -2.30. The van der Waals surface area contributed by atoms with Crippen LogP contribution in [0.2, 0.25) is 0 Å². The molecular formula is C12H17FN2O2S. The Hall–Kier alpha value is -1.27. The van der Waals surface area contributed by atoms with Gasteiger partial charge in [-0.25, -0.2) is 9.18 Å². The second-order valence-corrected chi connectivity index (χ2v) is 4.72. The Kier molecular flexibility index (Phi) is 5.94. The fraction of sp³-hybridized carbons (Fsp3) is 0.417. The first-order chi connectivity index (χ1) is 8.52. The molecule has 1 atom stereocenters. The van der Waals surface area contributed by atoms with Gasteiger partial charge in [-0.2, -0.15) is 0 Å². The Morgan fingerprint density at radius 1 is 1.56 bits per heavy atom. The lowest BCUT2D eigenvalue weighted by atomic mass is 10.3. The summed E-state index contributed by atoms with van der Waals surface area (Å²) in [4.78, 5) is 12.0. The third kappa shape index (κ3) is 4.93. The number of rotatable bonds is 5. The molecule has 4 nitrogen and oxygen atoms in total. The van der Waals surface area contributed by atoms with Gasteiger partial charge in [0, 0.05) is 17.1 Å². The predicted octanol–water partition coefficient (Wildman–Crippen LogP) is 2.44. The van der Waals surface area contributed by atoms with E-state index >= 15 is 0 Å². The molecule has 3 N–H and O–H groups in total. The third-order valence-electron chi connectivity index (χ3n) is 2.26. The van der Waals surface area contributed by atoms with Crippen molar-refractivity contribution < 1.29 is 14.3 Å². The highest BCUT2D eigenvalue weighted by atomic mass is 32.2. The Bertz CT molecular complexity index is 413. The van der Waals surface area contributed by atoms with E-state index < -0.39 is 12.1 Å². The van der Waals surface area contributed by atoms with Gasteiger partial charge in [0.2, 0.25) is 0 Å². The molecule has 0 aliphatic carbocycles. The maximum absolute atomic E-state index is 13.4. The van der Waals surface area contributed by atoms with Crippen LogP contribution in [0.25, 0.3) is 0 Å². The SMILES string of the molecule is CSc1ccc(NC(=O)NCCC(C)O)cc1F. The fourth-order valence-electron chi connectivity index (χ4n) is 1.31. The van der Waals surface area contributed by atoms with Crippen molar-refractivity contribution in [2.45, 2.75) is 24.3 Å². The smallest absolute Gasteiger partial charge is 0.319 e. The van der Waals surface area contributed by atoms with E-state index in [0.29, 0.717) is 23.5 Å². The van der Waals surface area contributed by atoms with Gasteiger partial charge in [0.1, 0.15) is 5.82 Å². The second kappa shape index (κ2) is 7.23. The van der Waals surface area contributed by atoms with Crippen molar-refractivity contribution in [1.82, 2.24) is 5.32 Å². The molecule has 100 valence electrons. The molecule has 18 heavy (non-hydrogen) atoms. The number of benzene rings is 1. The van der Waals surface area contributed by atoms with Crippen LogP contribution in [0.5, 0.6) is 0 Å². The molecule has 0 aliphatic heterocycles. The average molecular weight is 272 g/mol. The van der Waals surface area contributed by atoms with E-state index in [1.807, 2.05) is 0 Å². The summed E-state index contributed by atoms with van der Waals surface area (Å²) < 4.78 is 13.4. The molecule has 0 radical (unpaired) electrons. The molecule has 0 fully saturated rings. The molecule has 1 aromatic rings. The van der Waals surface area contributed by atoms with Crippen molar-refractivity contribution in [3.63, 3.8) is 0 Å². The van der Waals surface area contributed by atoms with Crippen LogP contribution in [0.3, 0.4) is 0 Å². The fourth-order valence-corrected chi connectivity index (χ4v) is 1.77. The van der Waals surface area contributed by atoms with E-state index in [9.17, 15) is 9.18 Å². The lowest BCUT2D eigenvalue weighted by Gasteiger charge is -2.09. The number of carbonyl (C=O) groups excluding carboxylic acids is 1. The van der Waals surface area contributed by atoms with E-state index in [4.69, 9.17) is 5.11 Å². The highest BCUT2D eigenvalue weighted by Gasteiger charge is 2.05. The number of carbonyl (C=O) groups is 1. The minimum atomic E-state index is -0.455. The summed E-state index contributed by atoms with van der Waals surface area (Å²) >= 11 is 1.31. The molecule has 6 heteroatoms. The van der Waals surface area contributed by atoms with Crippen LogP contribution in [0.4, 0.5) is 14.9 Å². The van der Waals surface area contributed by atoms with E-state index in [1.54, 1.807) is 25.3 Å². The highest BCUT2D eigenvalue weighted by molar-refractivity contribution is 7.98. The Balaban J connectivity index is 2.47. The first kappa shape index (κ1) is 14.8. The summed E-state index contributed by atoms with van der Waals surface area (Å²) in [5, 5.41) is 14.1. The highest BCUT2D eigenvalue weighted by Crippen LogP contribution is 2.22. The van der Waals surface area contributed by atoms with Gasteiger partial charge in [-0.3, -0.25) is 0 Å². The lowest BCUT2D eigenvalue weighted by molar-refractivity contribution is 0.184. The monoisotopic (exact) mass is 272 g/mol. The number of amides is 2. The molecule has 0 heterocycles. The molecular weight excluding hydrogens is 255 g/mol. The number of urea groups is 1. The van der Waals surface area contributed by atoms with Crippen molar-refractivity contribution in [2.24, 2.45) is 0 Å². The molecule has 1 rings (SSSR count). The van der Waals surface area contributed by atoms with E-state index in [1.165, 1.54) is 17.8 Å². The van der Waals surface area contributed by atoms with Crippen molar-refractivity contribution >= 4 is 23.5 Å². The number of anilines is 1. The van der Waals surface area contributed by atoms with Crippen LogP contribution in [0, 0.1) is 5.82 Å². The number of nitrogens with one attached hydrogen (secondary N) is 2. The van der Waals surface area contributed by atoms with Crippen molar-refractivity contribution in [3.05, 3.63) is 24.0 Å². The normalized spacial score (nSPS) is 12.0. The number of hydrogen-bond acceptors (Lipinski definition) is 3. The van der Waals surface area contributed by atoms with Gasteiger partial charge < -0.3 is 15.7 Å². The van der Waals surface area contributed by atoms with Crippen molar-refractivity contribution in [1.29, 1.82) is 0 Å². The number of halogens is 1. The third-order valence-corrected chi connectivity index (χ3v) is 3.03. The summed E-state index contributed by atoms with van der Waals surface area (Å²) in [6.07, 6.45) is 1.81. The van der Waals surface area contributed by atoms with Crippen molar-refractivity contribution in [3.8, 4) is 0 Å². The molecule has 0 saturated heterocycles. The zero-order chi connectivity index (χ0) is 13.5. The first-order valence-electron chi connectivity index (χ1n) is 5.59. The van der Waals surface area contributed by atoms with Gasteiger partial charge in [0.25, 0.3) is 0 Å². The Morgan fingerprint density at radius 2 is 2.28 bits per heavy atom. The molecule has 0 aliphatic rings. The van der Waals surface area contributed by atoms with Gasteiger partial charge in [-0.1, -0.05) is 0 Å². The summed E-state index contributed by atoms with van der Waals surface area (Å²) in [7, 11) is 0. The van der Waals surface area contributed by atoms with Crippen LogP contribution >= 0.6 is 11.8 Å².